The summed E-state index contributed by atoms with van der Waals surface area (Å²) in [6.07, 6.45) is -0.964. The van der Waals surface area contributed by atoms with Crippen LogP contribution in [0.25, 0.3) is 0 Å². The average molecular weight is 376 g/mol. The second-order valence-corrected chi connectivity index (χ2v) is 5.65. The predicted octanol–water partition coefficient (Wildman–Crippen LogP) is 2.99. The molecule has 0 saturated carbocycles. The Morgan fingerprint density at radius 2 is 2.00 bits per heavy atom. The van der Waals surface area contributed by atoms with Crippen LogP contribution in [0.2, 0.25) is 0 Å². The Morgan fingerprint density at radius 1 is 1.26 bits per heavy atom. The molecule has 0 heterocycles. The van der Waals surface area contributed by atoms with Crippen LogP contribution in [-0.2, 0) is 14.3 Å². The van der Waals surface area contributed by atoms with Gasteiger partial charge in [0.15, 0.2) is 12.7 Å². The lowest BCUT2D eigenvalue weighted by atomic mass is 10.2. The lowest BCUT2D eigenvalue weighted by molar-refractivity contribution is -0.384. The van der Waals surface area contributed by atoms with Crippen molar-refractivity contribution in [2.45, 2.75) is 20.0 Å². The molecule has 142 valence electrons. The molecular weight excluding hydrogens is 359 g/mol. The molecule has 0 unspecified atom stereocenters. The number of carbonyl (C=O) groups is 2. The summed E-state index contributed by atoms with van der Waals surface area (Å²) in [5.74, 6) is -2.00. The van der Waals surface area contributed by atoms with Crippen molar-refractivity contribution in [3.8, 4) is 5.75 Å². The number of ether oxygens (including phenoxy) is 2. The number of esters is 1. The van der Waals surface area contributed by atoms with Crippen LogP contribution in [0, 0.1) is 22.9 Å². The number of carbonyl (C=O) groups excluding carboxylic acids is 2. The van der Waals surface area contributed by atoms with Crippen molar-refractivity contribution in [2.75, 3.05) is 11.9 Å². The summed E-state index contributed by atoms with van der Waals surface area (Å²) in [5.41, 5.74) is 0.185. The molecule has 27 heavy (non-hydrogen) atoms. The zero-order valence-electron chi connectivity index (χ0n) is 14.6. The Hall–Kier alpha value is -3.49. The average Bonchev–Trinajstić information content (AvgIpc) is 2.61. The van der Waals surface area contributed by atoms with E-state index in [1.807, 2.05) is 13.0 Å². The van der Waals surface area contributed by atoms with Crippen LogP contribution in [0.1, 0.15) is 12.5 Å². The number of benzene rings is 2. The number of aryl methyl sites for hydroxylation is 1. The van der Waals surface area contributed by atoms with Gasteiger partial charge in [-0.3, -0.25) is 14.9 Å². The first-order valence-corrected chi connectivity index (χ1v) is 7.90. The maximum Gasteiger partial charge on any atom is 0.347 e. The van der Waals surface area contributed by atoms with Crippen LogP contribution < -0.4 is 10.1 Å². The fourth-order valence-electron chi connectivity index (χ4n) is 2.10. The minimum absolute atomic E-state index is 0.380. The lowest BCUT2D eigenvalue weighted by Crippen LogP contribution is -2.29. The first-order chi connectivity index (χ1) is 12.8. The Labute approximate surface area is 154 Å². The van der Waals surface area contributed by atoms with Gasteiger partial charge in [0.05, 0.1) is 10.6 Å². The Kier molecular flexibility index (Phi) is 6.42. The van der Waals surface area contributed by atoms with E-state index in [0.717, 1.165) is 23.8 Å². The number of rotatable bonds is 7. The SMILES string of the molecule is Cc1cccc(O[C@H](C)C(=O)OCC(=O)Nc2cc([N+](=O)[O-])ccc2F)c1. The molecule has 0 bridgehead atoms. The quantitative estimate of drug-likeness (QED) is 0.452. The lowest BCUT2D eigenvalue weighted by Gasteiger charge is -2.14. The molecule has 0 aliphatic rings. The Balaban J connectivity index is 1.88. The molecule has 2 aromatic carbocycles. The smallest absolute Gasteiger partial charge is 0.347 e. The first-order valence-electron chi connectivity index (χ1n) is 7.90. The molecule has 2 rings (SSSR count). The van der Waals surface area contributed by atoms with E-state index in [2.05, 4.69) is 5.32 Å². The van der Waals surface area contributed by atoms with E-state index in [4.69, 9.17) is 9.47 Å². The number of anilines is 1. The van der Waals surface area contributed by atoms with Crippen molar-refractivity contribution in [3.63, 3.8) is 0 Å². The highest BCUT2D eigenvalue weighted by Crippen LogP contribution is 2.21. The van der Waals surface area contributed by atoms with Gasteiger partial charge in [-0.1, -0.05) is 12.1 Å². The molecule has 0 saturated heterocycles. The summed E-state index contributed by atoms with van der Waals surface area (Å²) in [7, 11) is 0. The molecule has 9 heteroatoms. The number of nitro groups is 1. The number of nitrogens with one attached hydrogen (secondary N) is 1. The zero-order chi connectivity index (χ0) is 20.0. The zero-order valence-corrected chi connectivity index (χ0v) is 14.6. The van der Waals surface area contributed by atoms with Crippen LogP contribution in [0.15, 0.2) is 42.5 Å². The summed E-state index contributed by atoms with van der Waals surface area (Å²) in [6.45, 7) is 2.64. The van der Waals surface area contributed by atoms with Gasteiger partial charge >= 0.3 is 5.97 Å². The third kappa shape index (κ3) is 5.77. The van der Waals surface area contributed by atoms with E-state index >= 15 is 0 Å². The molecule has 1 N–H and O–H groups in total. The fraction of sp³-hybridized carbons (Fsp3) is 0.222. The molecule has 0 fully saturated rings. The maximum absolute atomic E-state index is 13.6. The van der Waals surface area contributed by atoms with Crippen molar-refractivity contribution in [1.29, 1.82) is 0 Å². The first kappa shape index (κ1) is 19.8. The van der Waals surface area contributed by atoms with Gasteiger partial charge < -0.3 is 14.8 Å². The molecular formula is C18H17FN2O6. The number of nitrogens with zero attached hydrogens (tertiary/aromatic N) is 1. The summed E-state index contributed by atoms with van der Waals surface area (Å²) in [4.78, 5) is 33.7. The molecule has 0 aliphatic carbocycles. The summed E-state index contributed by atoms with van der Waals surface area (Å²) in [5, 5.41) is 12.8. The van der Waals surface area contributed by atoms with E-state index in [1.165, 1.54) is 6.92 Å². The van der Waals surface area contributed by atoms with Crippen LogP contribution in [0.5, 0.6) is 5.75 Å². The molecule has 0 aromatic heterocycles. The van der Waals surface area contributed by atoms with E-state index in [1.54, 1.807) is 18.2 Å². The minimum atomic E-state index is -0.964. The van der Waals surface area contributed by atoms with Gasteiger partial charge in [-0.05, 0) is 37.6 Å². The molecule has 1 atom stereocenters. The van der Waals surface area contributed by atoms with Crippen molar-refractivity contribution in [1.82, 2.24) is 0 Å². The van der Waals surface area contributed by atoms with Gasteiger partial charge in [-0.25, -0.2) is 9.18 Å². The summed E-state index contributed by atoms with van der Waals surface area (Å²) >= 11 is 0. The van der Waals surface area contributed by atoms with Crippen LogP contribution in [0.4, 0.5) is 15.8 Å². The second kappa shape index (κ2) is 8.75. The molecule has 0 spiro atoms. The van der Waals surface area contributed by atoms with Crippen LogP contribution in [-0.4, -0.2) is 29.5 Å². The second-order valence-electron chi connectivity index (χ2n) is 5.65. The van der Waals surface area contributed by atoms with Crippen molar-refractivity contribution < 1.29 is 28.4 Å². The third-order valence-corrected chi connectivity index (χ3v) is 3.41. The Morgan fingerprint density at radius 3 is 2.67 bits per heavy atom. The predicted molar refractivity (Wildman–Crippen MR) is 93.9 cm³/mol. The van der Waals surface area contributed by atoms with Crippen LogP contribution >= 0.6 is 0 Å². The van der Waals surface area contributed by atoms with Gasteiger partial charge in [0.25, 0.3) is 11.6 Å². The van der Waals surface area contributed by atoms with E-state index < -0.39 is 35.3 Å². The highest BCUT2D eigenvalue weighted by molar-refractivity contribution is 5.93. The van der Waals surface area contributed by atoms with Crippen LogP contribution in [0.3, 0.4) is 0 Å². The van der Waals surface area contributed by atoms with E-state index in [9.17, 15) is 24.1 Å². The van der Waals surface area contributed by atoms with Gasteiger partial charge in [-0.15, -0.1) is 0 Å². The number of halogens is 1. The van der Waals surface area contributed by atoms with Crippen molar-refractivity contribution in [3.05, 3.63) is 64.0 Å². The molecule has 1 amide bonds. The van der Waals surface area contributed by atoms with E-state index in [0.29, 0.717) is 5.75 Å². The number of amides is 1. The number of nitro benzene ring substituents is 1. The highest BCUT2D eigenvalue weighted by Gasteiger charge is 2.19. The van der Waals surface area contributed by atoms with Gasteiger partial charge in [0.1, 0.15) is 11.6 Å². The fourth-order valence-corrected chi connectivity index (χ4v) is 2.10. The summed E-state index contributed by atoms with van der Waals surface area (Å²) in [6, 6.07) is 9.75. The number of hydrogen-bond acceptors (Lipinski definition) is 6. The normalized spacial score (nSPS) is 11.4. The minimum Gasteiger partial charge on any atom is -0.479 e. The maximum atomic E-state index is 13.6. The molecule has 0 radical (unpaired) electrons. The monoisotopic (exact) mass is 376 g/mol. The van der Waals surface area contributed by atoms with Gasteiger partial charge in [0, 0.05) is 12.1 Å². The van der Waals surface area contributed by atoms with Gasteiger partial charge in [0.2, 0.25) is 0 Å². The largest absolute Gasteiger partial charge is 0.479 e. The van der Waals surface area contributed by atoms with Gasteiger partial charge in [-0.2, -0.15) is 0 Å². The molecule has 0 aliphatic heterocycles. The summed E-state index contributed by atoms with van der Waals surface area (Å²) < 4.78 is 23.9. The topological polar surface area (TPSA) is 108 Å². The Bertz CT molecular complexity index is 871. The van der Waals surface area contributed by atoms with Crippen molar-refractivity contribution >= 4 is 23.3 Å². The highest BCUT2D eigenvalue weighted by atomic mass is 19.1. The molecule has 8 nitrogen and oxygen atoms in total. The van der Waals surface area contributed by atoms with Crippen molar-refractivity contribution in [2.24, 2.45) is 0 Å². The molecule has 2 aromatic rings. The van der Waals surface area contributed by atoms with E-state index in [-0.39, 0.29) is 11.4 Å². The third-order valence-electron chi connectivity index (χ3n) is 3.41. The standard InChI is InChI=1S/C18H17FN2O6/c1-11-4-3-5-14(8-11)27-12(2)18(23)26-10-17(22)20-16-9-13(21(24)25)6-7-15(16)19/h3-9,12H,10H2,1-2H3,(H,20,22)/t12-/m1/s1. The number of hydrogen-bond donors (Lipinski definition) is 1. The number of non-ortho nitro benzene ring substituents is 1.